The molecule has 0 saturated carbocycles. The van der Waals surface area contributed by atoms with E-state index in [1.54, 1.807) is 11.0 Å². The molecule has 5 heteroatoms. The maximum Gasteiger partial charge on any atom is 0.258 e. The van der Waals surface area contributed by atoms with E-state index in [1.165, 1.54) is 0 Å². The van der Waals surface area contributed by atoms with Gasteiger partial charge in [0.05, 0.1) is 17.4 Å². The van der Waals surface area contributed by atoms with Crippen LogP contribution in [0.1, 0.15) is 43.1 Å². The van der Waals surface area contributed by atoms with Crippen molar-refractivity contribution in [3.63, 3.8) is 0 Å². The van der Waals surface area contributed by atoms with Gasteiger partial charge in [-0.15, -0.1) is 0 Å². The first kappa shape index (κ1) is 21.5. The SMILES string of the molecule is CC(C)N(Cc1nc2ccccc2c(=O)[nH]1)C(=O)CC(c1ccccc1)c1ccccc1. The number of benzene rings is 3. The Hall–Kier alpha value is -3.73. The molecule has 1 N–H and O–H groups in total. The highest BCUT2D eigenvalue weighted by atomic mass is 16.2. The third-order valence-corrected chi connectivity index (χ3v) is 5.71. The summed E-state index contributed by atoms with van der Waals surface area (Å²) < 4.78 is 0. The highest BCUT2D eigenvalue weighted by Gasteiger charge is 2.24. The first-order chi connectivity index (χ1) is 15.5. The van der Waals surface area contributed by atoms with Crippen molar-refractivity contribution in [3.05, 3.63) is 112 Å². The molecule has 5 nitrogen and oxygen atoms in total. The van der Waals surface area contributed by atoms with Crippen LogP contribution >= 0.6 is 0 Å². The van der Waals surface area contributed by atoms with Crippen LogP contribution in [0.3, 0.4) is 0 Å². The first-order valence-electron chi connectivity index (χ1n) is 10.9. The predicted octanol–water partition coefficient (Wildman–Crippen LogP) is 4.88. The summed E-state index contributed by atoms with van der Waals surface area (Å²) >= 11 is 0. The topological polar surface area (TPSA) is 66.1 Å². The number of fused-ring (bicyclic) bond motifs is 1. The molecular formula is C27H27N3O2. The van der Waals surface area contributed by atoms with Crippen molar-refractivity contribution in [3.8, 4) is 0 Å². The molecule has 32 heavy (non-hydrogen) atoms. The molecule has 4 aromatic rings. The molecule has 0 saturated heterocycles. The fraction of sp³-hybridized carbons (Fsp3) is 0.222. The van der Waals surface area contributed by atoms with Gasteiger partial charge >= 0.3 is 0 Å². The Morgan fingerprint density at radius 1 is 0.875 bits per heavy atom. The number of rotatable bonds is 7. The van der Waals surface area contributed by atoms with Gasteiger partial charge in [0.25, 0.3) is 5.56 Å². The van der Waals surface area contributed by atoms with E-state index < -0.39 is 0 Å². The molecule has 1 heterocycles. The van der Waals surface area contributed by atoms with Gasteiger partial charge in [-0.1, -0.05) is 72.8 Å². The number of nitrogens with zero attached hydrogens (tertiary/aromatic N) is 2. The zero-order valence-electron chi connectivity index (χ0n) is 18.4. The standard InChI is InChI=1S/C27H27N3O2/c1-19(2)30(18-25-28-24-16-10-9-15-22(24)27(32)29-25)26(31)17-23(20-11-5-3-6-12-20)21-13-7-4-8-14-21/h3-16,19,23H,17-18H2,1-2H3,(H,28,29,32). The van der Waals surface area contributed by atoms with Crippen molar-refractivity contribution in [2.24, 2.45) is 0 Å². The van der Waals surface area contributed by atoms with Gasteiger partial charge in [-0.25, -0.2) is 4.98 Å². The molecule has 0 aliphatic heterocycles. The Morgan fingerprint density at radius 3 is 2.03 bits per heavy atom. The van der Waals surface area contributed by atoms with Crippen LogP contribution in [0.25, 0.3) is 10.9 Å². The van der Waals surface area contributed by atoms with Crippen molar-refractivity contribution in [2.75, 3.05) is 0 Å². The molecule has 0 unspecified atom stereocenters. The fourth-order valence-electron chi connectivity index (χ4n) is 4.02. The van der Waals surface area contributed by atoms with Crippen LogP contribution in [-0.4, -0.2) is 26.8 Å². The van der Waals surface area contributed by atoms with Gasteiger partial charge in [0.15, 0.2) is 0 Å². The van der Waals surface area contributed by atoms with Crippen LogP contribution in [0, 0.1) is 0 Å². The molecule has 0 atom stereocenters. The lowest BCUT2D eigenvalue weighted by Gasteiger charge is -2.28. The van der Waals surface area contributed by atoms with Crippen molar-refractivity contribution in [1.82, 2.24) is 14.9 Å². The maximum atomic E-state index is 13.5. The van der Waals surface area contributed by atoms with E-state index in [1.807, 2.05) is 68.4 Å². The number of para-hydroxylation sites is 1. The van der Waals surface area contributed by atoms with E-state index in [9.17, 15) is 9.59 Å². The normalized spacial score (nSPS) is 11.2. The van der Waals surface area contributed by atoms with Gasteiger partial charge in [0.2, 0.25) is 5.91 Å². The minimum absolute atomic E-state index is 0.0218. The summed E-state index contributed by atoms with van der Waals surface area (Å²) in [6.45, 7) is 4.22. The summed E-state index contributed by atoms with van der Waals surface area (Å²) in [7, 11) is 0. The van der Waals surface area contributed by atoms with Gasteiger partial charge in [-0.05, 0) is 37.1 Å². The highest BCUT2D eigenvalue weighted by molar-refractivity contribution is 5.79. The number of carbonyl (C=O) groups excluding carboxylic acids is 1. The summed E-state index contributed by atoms with van der Waals surface area (Å²) in [5.41, 5.74) is 2.66. The van der Waals surface area contributed by atoms with Crippen molar-refractivity contribution < 1.29 is 4.79 Å². The molecule has 4 rings (SSSR count). The fourth-order valence-corrected chi connectivity index (χ4v) is 4.02. The largest absolute Gasteiger partial charge is 0.333 e. The van der Waals surface area contributed by atoms with E-state index in [0.29, 0.717) is 23.1 Å². The molecular weight excluding hydrogens is 398 g/mol. The number of aromatic nitrogens is 2. The maximum absolute atomic E-state index is 13.5. The van der Waals surface area contributed by atoms with Crippen molar-refractivity contribution >= 4 is 16.8 Å². The summed E-state index contributed by atoms with van der Waals surface area (Å²) in [6.07, 6.45) is 0.337. The first-order valence-corrected chi connectivity index (χ1v) is 10.9. The summed E-state index contributed by atoms with van der Waals surface area (Å²) in [5.74, 6) is 0.468. The van der Waals surface area contributed by atoms with Crippen LogP contribution in [0.4, 0.5) is 0 Å². The molecule has 1 aromatic heterocycles. The second-order valence-corrected chi connectivity index (χ2v) is 8.22. The Balaban J connectivity index is 1.62. The molecule has 3 aromatic carbocycles. The van der Waals surface area contributed by atoms with Crippen LogP contribution in [0.5, 0.6) is 0 Å². The molecule has 0 fully saturated rings. The summed E-state index contributed by atoms with van der Waals surface area (Å²) in [6, 6.07) is 27.4. The van der Waals surface area contributed by atoms with Crippen LogP contribution in [0.2, 0.25) is 0 Å². The molecule has 0 aliphatic carbocycles. The van der Waals surface area contributed by atoms with Gasteiger partial charge in [0, 0.05) is 18.4 Å². The molecule has 0 radical (unpaired) electrons. The van der Waals surface area contributed by atoms with Gasteiger partial charge in [-0.3, -0.25) is 9.59 Å². The zero-order chi connectivity index (χ0) is 22.5. The molecule has 162 valence electrons. The van der Waals surface area contributed by atoms with E-state index in [0.717, 1.165) is 11.1 Å². The number of hydrogen-bond donors (Lipinski definition) is 1. The zero-order valence-corrected chi connectivity index (χ0v) is 18.4. The van der Waals surface area contributed by atoms with Crippen molar-refractivity contribution in [1.29, 1.82) is 0 Å². The van der Waals surface area contributed by atoms with Crippen LogP contribution in [0.15, 0.2) is 89.7 Å². The lowest BCUT2D eigenvalue weighted by atomic mass is 9.88. The quantitative estimate of drug-likeness (QED) is 0.459. The van der Waals surface area contributed by atoms with E-state index in [-0.39, 0.29) is 30.0 Å². The second kappa shape index (κ2) is 9.60. The minimum atomic E-state index is -0.187. The van der Waals surface area contributed by atoms with E-state index in [2.05, 4.69) is 34.2 Å². The smallest absolute Gasteiger partial charge is 0.258 e. The van der Waals surface area contributed by atoms with Gasteiger partial charge in [-0.2, -0.15) is 0 Å². The number of aromatic amines is 1. The highest BCUT2D eigenvalue weighted by Crippen LogP contribution is 2.29. The van der Waals surface area contributed by atoms with Crippen LogP contribution < -0.4 is 5.56 Å². The Bertz CT molecular complexity index is 1210. The van der Waals surface area contributed by atoms with E-state index in [4.69, 9.17) is 0 Å². The van der Waals surface area contributed by atoms with E-state index >= 15 is 0 Å². The average molecular weight is 426 g/mol. The lowest BCUT2D eigenvalue weighted by Crippen LogP contribution is -2.38. The van der Waals surface area contributed by atoms with Gasteiger partial charge < -0.3 is 9.88 Å². The van der Waals surface area contributed by atoms with Crippen molar-refractivity contribution in [2.45, 2.75) is 38.8 Å². The number of amides is 1. The molecule has 0 aliphatic rings. The third-order valence-electron chi connectivity index (χ3n) is 5.71. The summed E-state index contributed by atoms with van der Waals surface area (Å²) in [5, 5.41) is 0.548. The minimum Gasteiger partial charge on any atom is -0.333 e. The third kappa shape index (κ3) is 4.78. The molecule has 1 amide bonds. The number of hydrogen-bond acceptors (Lipinski definition) is 3. The second-order valence-electron chi connectivity index (χ2n) is 8.22. The van der Waals surface area contributed by atoms with Crippen LogP contribution in [-0.2, 0) is 11.3 Å². The Kier molecular flexibility index (Phi) is 6.45. The predicted molar refractivity (Wildman–Crippen MR) is 127 cm³/mol. The number of H-pyrrole nitrogens is 1. The number of nitrogens with one attached hydrogen (secondary N) is 1. The Morgan fingerprint density at radius 2 is 1.44 bits per heavy atom. The van der Waals surface area contributed by atoms with Gasteiger partial charge in [0.1, 0.15) is 5.82 Å². The number of carbonyl (C=O) groups is 1. The average Bonchev–Trinajstić information content (AvgIpc) is 2.82. The lowest BCUT2D eigenvalue weighted by molar-refractivity contribution is -0.133. The molecule has 0 bridgehead atoms. The molecule has 0 spiro atoms. The summed E-state index contributed by atoms with van der Waals surface area (Å²) in [4.78, 5) is 35.2. The Labute approximate surface area is 187 Å². The monoisotopic (exact) mass is 425 g/mol.